The second-order valence-electron chi connectivity index (χ2n) is 5.35. The van der Waals surface area contributed by atoms with E-state index in [-0.39, 0.29) is 36.4 Å². The monoisotopic (exact) mass is 452 g/mol. The van der Waals surface area contributed by atoms with Crippen molar-refractivity contribution in [3.63, 3.8) is 0 Å². The topological polar surface area (TPSA) is 65.5 Å². The van der Waals surface area contributed by atoms with Gasteiger partial charge in [0.2, 0.25) is 5.91 Å². The van der Waals surface area contributed by atoms with Crippen LogP contribution < -0.4 is 16.0 Å². The zero-order valence-corrected chi connectivity index (χ0v) is 16.7. The molecule has 0 aromatic heterocycles. The number of benzene rings is 2. The Labute approximate surface area is 166 Å². The molecule has 25 heavy (non-hydrogen) atoms. The van der Waals surface area contributed by atoms with Gasteiger partial charge in [0.1, 0.15) is 0 Å². The van der Waals surface area contributed by atoms with Gasteiger partial charge in [0, 0.05) is 20.1 Å². The average Bonchev–Trinajstić information content (AvgIpc) is 2.63. The molecule has 0 aliphatic rings. The van der Waals surface area contributed by atoms with Gasteiger partial charge >= 0.3 is 0 Å². The van der Waals surface area contributed by atoms with Crippen molar-refractivity contribution in [2.75, 3.05) is 20.1 Å². The lowest BCUT2D eigenvalue weighted by molar-refractivity contribution is -0.119. The maximum absolute atomic E-state index is 11.9. The van der Waals surface area contributed by atoms with E-state index in [1.807, 2.05) is 48.5 Å². The minimum atomic E-state index is -0.0476. The molecule has 0 heterocycles. The van der Waals surface area contributed by atoms with E-state index < -0.39 is 0 Å². The number of carbonyl (C=O) groups excluding carboxylic acids is 1. The number of halogens is 1. The highest BCUT2D eigenvalue weighted by Crippen LogP contribution is 1.98. The van der Waals surface area contributed by atoms with Crippen molar-refractivity contribution in [2.45, 2.75) is 13.0 Å². The fourth-order valence-electron chi connectivity index (χ4n) is 2.22. The standard InChI is InChI=1S/C19H24N4O.HI/c1-20-19(22-14-17-10-6-3-7-11-17)23-15-18(24)21-13-12-16-8-4-2-5-9-16;/h2-11H,12-15H2,1H3,(H,21,24)(H2,20,22,23);1H. The third kappa shape index (κ3) is 8.53. The summed E-state index contributed by atoms with van der Waals surface area (Å²) < 4.78 is 0. The molecule has 0 saturated heterocycles. The number of carbonyl (C=O) groups is 1. The molecular formula is C19H25IN4O. The van der Waals surface area contributed by atoms with Gasteiger partial charge < -0.3 is 16.0 Å². The number of guanidine groups is 1. The molecule has 5 nitrogen and oxygen atoms in total. The van der Waals surface area contributed by atoms with E-state index in [1.54, 1.807) is 7.05 Å². The fourth-order valence-corrected chi connectivity index (χ4v) is 2.22. The molecule has 0 unspecified atom stereocenters. The van der Waals surface area contributed by atoms with Crippen molar-refractivity contribution < 1.29 is 4.79 Å². The minimum absolute atomic E-state index is 0. The van der Waals surface area contributed by atoms with Crippen molar-refractivity contribution in [1.82, 2.24) is 16.0 Å². The van der Waals surface area contributed by atoms with Crippen LogP contribution in [0.2, 0.25) is 0 Å². The molecule has 2 aromatic rings. The van der Waals surface area contributed by atoms with Crippen LogP contribution in [-0.4, -0.2) is 32.0 Å². The van der Waals surface area contributed by atoms with Gasteiger partial charge in [-0.05, 0) is 17.5 Å². The number of nitrogens with one attached hydrogen (secondary N) is 3. The van der Waals surface area contributed by atoms with Crippen LogP contribution in [0.4, 0.5) is 0 Å². The fraction of sp³-hybridized carbons (Fsp3) is 0.263. The highest BCUT2D eigenvalue weighted by molar-refractivity contribution is 14.0. The number of aliphatic imine (C=N–C) groups is 1. The second kappa shape index (κ2) is 12.3. The van der Waals surface area contributed by atoms with Gasteiger partial charge in [0.05, 0.1) is 6.54 Å². The predicted molar refractivity (Wildman–Crippen MR) is 113 cm³/mol. The Hall–Kier alpha value is -2.09. The summed E-state index contributed by atoms with van der Waals surface area (Å²) in [6, 6.07) is 20.1. The second-order valence-corrected chi connectivity index (χ2v) is 5.35. The Kier molecular flexibility index (Phi) is 10.3. The molecule has 2 aromatic carbocycles. The molecule has 0 atom stereocenters. The van der Waals surface area contributed by atoms with E-state index in [4.69, 9.17) is 0 Å². The van der Waals surface area contributed by atoms with Crippen molar-refractivity contribution in [3.8, 4) is 0 Å². The number of hydrogen-bond donors (Lipinski definition) is 3. The van der Waals surface area contributed by atoms with Crippen LogP contribution in [0.25, 0.3) is 0 Å². The lowest BCUT2D eigenvalue weighted by atomic mass is 10.1. The summed E-state index contributed by atoms with van der Waals surface area (Å²) in [7, 11) is 1.69. The SMILES string of the molecule is CN=C(NCC(=O)NCCc1ccccc1)NCc1ccccc1.I. The summed E-state index contributed by atoms with van der Waals surface area (Å²) in [6.07, 6.45) is 0.827. The van der Waals surface area contributed by atoms with E-state index >= 15 is 0 Å². The summed E-state index contributed by atoms with van der Waals surface area (Å²) in [4.78, 5) is 16.0. The highest BCUT2D eigenvalue weighted by atomic mass is 127. The smallest absolute Gasteiger partial charge is 0.239 e. The maximum Gasteiger partial charge on any atom is 0.239 e. The average molecular weight is 452 g/mol. The first-order chi connectivity index (χ1) is 11.8. The molecule has 0 spiro atoms. The molecular weight excluding hydrogens is 427 g/mol. The van der Waals surface area contributed by atoms with Crippen molar-refractivity contribution >= 4 is 35.8 Å². The Balaban J connectivity index is 0.00000312. The quantitative estimate of drug-likeness (QED) is 0.343. The van der Waals surface area contributed by atoms with Crippen molar-refractivity contribution in [2.24, 2.45) is 4.99 Å². The third-order valence-electron chi connectivity index (χ3n) is 3.52. The predicted octanol–water partition coefficient (Wildman–Crippen LogP) is 2.33. The number of amides is 1. The minimum Gasteiger partial charge on any atom is -0.354 e. The molecule has 2 rings (SSSR count). The van der Waals surface area contributed by atoms with Crippen LogP contribution in [0.5, 0.6) is 0 Å². The van der Waals surface area contributed by atoms with Gasteiger partial charge in [-0.1, -0.05) is 60.7 Å². The lowest BCUT2D eigenvalue weighted by Crippen LogP contribution is -2.43. The third-order valence-corrected chi connectivity index (χ3v) is 3.52. The Morgan fingerprint density at radius 1 is 0.880 bits per heavy atom. The van der Waals surface area contributed by atoms with E-state index in [1.165, 1.54) is 5.56 Å². The molecule has 1 amide bonds. The van der Waals surface area contributed by atoms with Crippen LogP contribution >= 0.6 is 24.0 Å². The Morgan fingerprint density at radius 2 is 1.48 bits per heavy atom. The Bertz CT molecular complexity index is 647. The van der Waals surface area contributed by atoms with Crippen LogP contribution in [0.1, 0.15) is 11.1 Å². The molecule has 6 heteroatoms. The first-order valence-corrected chi connectivity index (χ1v) is 8.07. The summed E-state index contributed by atoms with van der Waals surface area (Å²) >= 11 is 0. The number of nitrogens with zero attached hydrogens (tertiary/aromatic N) is 1. The number of rotatable bonds is 7. The molecule has 0 radical (unpaired) electrons. The molecule has 134 valence electrons. The molecule has 0 fully saturated rings. The van der Waals surface area contributed by atoms with E-state index in [0.29, 0.717) is 19.0 Å². The molecule has 0 saturated carbocycles. The van der Waals surface area contributed by atoms with Gasteiger partial charge in [-0.25, -0.2) is 0 Å². The lowest BCUT2D eigenvalue weighted by Gasteiger charge is -2.12. The van der Waals surface area contributed by atoms with Gasteiger partial charge in [0.15, 0.2) is 5.96 Å². The van der Waals surface area contributed by atoms with Gasteiger partial charge in [-0.2, -0.15) is 0 Å². The van der Waals surface area contributed by atoms with E-state index in [2.05, 4.69) is 33.1 Å². The van der Waals surface area contributed by atoms with Gasteiger partial charge in [-0.15, -0.1) is 24.0 Å². The Morgan fingerprint density at radius 3 is 2.08 bits per heavy atom. The molecule has 0 bridgehead atoms. The first-order valence-electron chi connectivity index (χ1n) is 8.07. The van der Waals surface area contributed by atoms with Crippen LogP contribution in [0.15, 0.2) is 65.7 Å². The largest absolute Gasteiger partial charge is 0.354 e. The molecule has 0 aliphatic carbocycles. The zero-order chi connectivity index (χ0) is 17.0. The van der Waals surface area contributed by atoms with E-state index in [0.717, 1.165) is 12.0 Å². The van der Waals surface area contributed by atoms with Crippen LogP contribution in [0.3, 0.4) is 0 Å². The highest BCUT2D eigenvalue weighted by Gasteiger charge is 2.03. The summed E-state index contributed by atoms with van der Waals surface area (Å²) in [5, 5.41) is 9.10. The summed E-state index contributed by atoms with van der Waals surface area (Å²) in [5.74, 6) is 0.561. The normalized spacial score (nSPS) is 10.5. The van der Waals surface area contributed by atoms with Crippen LogP contribution in [-0.2, 0) is 17.8 Å². The van der Waals surface area contributed by atoms with Crippen LogP contribution in [0, 0.1) is 0 Å². The maximum atomic E-state index is 11.9. The molecule has 0 aliphatic heterocycles. The van der Waals surface area contributed by atoms with Crippen molar-refractivity contribution in [1.29, 1.82) is 0 Å². The first kappa shape index (κ1) is 21.0. The summed E-state index contributed by atoms with van der Waals surface area (Å²) in [5.41, 5.74) is 2.37. The van der Waals surface area contributed by atoms with E-state index in [9.17, 15) is 4.79 Å². The summed E-state index contributed by atoms with van der Waals surface area (Å²) in [6.45, 7) is 1.49. The van der Waals surface area contributed by atoms with Gasteiger partial charge in [0.25, 0.3) is 0 Å². The van der Waals surface area contributed by atoms with Crippen molar-refractivity contribution in [3.05, 3.63) is 71.8 Å². The zero-order valence-electron chi connectivity index (χ0n) is 14.4. The molecule has 3 N–H and O–H groups in total. The number of hydrogen-bond acceptors (Lipinski definition) is 2. The van der Waals surface area contributed by atoms with Gasteiger partial charge in [-0.3, -0.25) is 9.79 Å².